The molecule has 2 aromatic rings. The molecule has 27 heavy (non-hydrogen) atoms. The molecule has 5 nitrogen and oxygen atoms in total. The lowest BCUT2D eigenvalue weighted by Crippen LogP contribution is -2.36. The van der Waals surface area contributed by atoms with E-state index in [1.54, 1.807) is 11.0 Å². The number of aryl methyl sites for hydroxylation is 1. The molecule has 1 fully saturated rings. The molecule has 1 saturated heterocycles. The second kappa shape index (κ2) is 9.21. The molecule has 0 radical (unpaired) electrons. The summed E-state index contributed by atoms with van der Waals surface area (Å²) in [5, 5.41) is 2.97. The van der Waals surface area contributed by atoms with E-state index in [0.29, 0.717) is 12.2 Å². The minimum absolute atomic E-state index is 0.0346. The number of ether oxygens (including phenoxy) is 1. The summed E-state index contributed by atoms with van der Waals surface area (Å²) in [5.74, 6) is 0.592. The first-order chi connectivity index (χ1) is 13.1. The number of nitrogens with one attached hydrogen (secondary N) is 1. The summed E-state index contributed by atoms with van der Waals surface area (Å²) in [6.45, 7) is 2.70. The summed E-state index contributed by atoms with van der Waals surface area (Å²) < 4.78 is 5.62. The molecule has 2 amide bonds. The van der Waals surface area contributed by atoms with E-state index < -0.39 is 0 Å². The monoisotopic (exact) mass is 366 g/mol. The standard InChI is InChI=1S/C22H26N2O3/c1-17(12-13-18-7-3-2-4-8-18)23-21(25)16-27-20-10-5-9-19(15-20)24-14-6-11-22(24)26/h2-5,7-10,15,17H,6,11-14,16H2,1H3,(H,23,25)/t17-/m1/s1. The number of benzene rings is 2. The SMILES string of the molecule is C[C@H](CCc1ccccc1)NC(=O)COc1cccc(N2CCCC2=O)c1. The number of rotatable bonds is 8. The van der Waals surface area contributed by atoms with Crippen LogP contribution in [-0.4, -0.2) is 31.0 Å². The Kier molecular flexibility index (Phi) is 6.47. The lowest BCUT2D eigenvalue weighted by atomic mass is 10.1. The van der Waals surface area contributed by atoms with Crippen molar-refractivity contribution in [3.63, 3.8) is 0 Å². The summed E-state index contributed by atoms with van der Waals surface area (Å²) in [4.78, 5) is 25.8. The fraction of sp³-hybridized carbons (Fsp3) is 0.364. The maximum Gasteiger partial charge on any atom is 0.258 e. The number of carbonyl (C=O) groups is 2. The van der Waals surface area contributed by atoms with Crippen LogP contribution >= 0.6 is 0 Å². The van der Waals surface area contributed by atoms with Gasteiger partial charge in [0.25, 0.3) is 5.91 Å². The van der Waals surface area contributed by atoms with Crippen molar-refractivity contribution in [3.8, 4) is 5.75 Å². The van der Waals surface area contributed by atoms with Crippen molar-refractivity contribution in [1.82, 2.24) is 5.32 Å². The van der Waals surface area contributed by atoms with Crippen molar-refractivity contribution in [3.05, 3.63) is 60.2 Å². The van der Waals surface area contributed by atoms with Crippen LogP contribution in [0.15, 0.2) is 54.6 Å². The number of hydrogen-bond acceptors (Lipinski definition) is 3. The molecule has 3 rings (SSSR count). The van der Waals surface area contributed by atoms with Crippen molar-refractivity contribution in [2.75, 3.05) is 18.1 Å². The Hall–Kier alpha value is -2.82. The molecular formula is C22H26N2O3. The lowest BCUT2D eigenvalue weighted by molar-refractivity contribution is -0.123. The first-order valence-corrected chi connectivity index (χ1v) is 9.48. The zero-order chi connectivity index (χ0) is 19.1. The Balaban J connectivity index is 1.44. The molecule has 0 aromatic heterocycles. The van der Waals surface area contributed by atoms with Gasteiger partial charge in [-0.05, 0) is 43.9 Å². The molecule has 142 valence electrons. The fourth-order valence-corrected chi connectivity index (χ4v) is 3.23. The van der Waals surface area contributed by atoms with Crippen molar-refractivity contribution < 1.29 is 14.3 Å². The minimum atomic E-state index is -0.141. The maximum atomic E-state index is 12.1. The molecule has 5 heteroatoms. The van der Waals surface area contributed by atoms with Gasteiger partial charge in [-0.1, -0.05) is 36.4 Å². The van der Waals surface area contributed by atoms with Gasteiger partial charge >= 0.3 is 0 Å². The van der Waals surface area contributed by atoms with Gasteiger partial charge < -0.3 is 15.0 Å². The van der Waals surface area contributed by atoms with E-state index in [9.17, 15) is 9.59 Å². The Morgan fingerprint density at radius 2 is 2.00 bits per heavy atom. The smallest absolute Gasteiger partial charge is 0.258 e. The zero-order valence-electron chi connectivity index (χ0n) is 15.7. The molecule has 1 heterocycles. The first kappa shape index (κ1) is 19.0. The van der Waals surface area contributed by atoms with Crippen LogP contribution in [0.2, 0.25) is 0 Å². The topological polar surface area (TPSA) is 58.6 Å². The lowest BCUT2D eigenvalue weighted by Gasteiger charge is -2.17. The van der Waals surface area contributed by atoms with Crippen LogP contribution in [0.4, 0.5) is 5.69 Å². The molecule has 0 unspecified atom stereocenters. The Morgan fingerprint density at radius 1 is 1.19 bits per heavy atom. The van der Waals surface area contributed by atoms with E-state index >= 15 is 0 Å². The molecule has 1 aliphatic heterocycles. The van der Waals surface area contributed by atoms with Gasteiger partial charge in [-0.15, -0.1) is 0 Å². The average molecular weight is 366 g/mol. The van der Waals surface area contributed by atoms with Crippen molar-refractivity contribution in [2.45, 2.75) is 38.6 Å². The van der Waals surface area contributed by atoms with Crippen LogP contribution < -0.4 is 15.0 Å². The zero-order valence-corrected chi connectivity index (χ0v) is 15.7. The van der Waals surface area contributed by atoms with Crippen LogP contribution in [0.25, 0.3) is 0 Å². The minimum Gasteiger partial charge on any atom is -0.484 e. The van der Waals surface area contributed by atoms with Gasteiger partial charge in [-0.2, -0.15) is 0 Å². The van der Waals surface area contributed by atoms with Gasteiger partial charge in [0.1, 0.15) is 5.75 Å². The van der Waals surface area contributed by atoms with Gasteiger partial charge in [0, 0.05) is 30.8 Å². The third-order valence-corrected chi connectivity index (χ3v) is 4.69. The quantitative estimate of drug-likeness (QED) is 0.780. The number of carbonyl (C=O) groups excluding carboxylic acids is 2. The van der Waals surface area contributed by atoms with E-state index in [-0.39, 0.29) is 24.5 Å². The van der Waals surface area contributed by atoms with Crippen molar-refractivity contribution in [2.24, 2.45) is 0 Å². The Bertz CT molecular complexity index is 776. The largest absolute Gasteiger partial charge is 0.484 e. The highest BCUT2D eigenvalue weighted by molar-refractivity contribution is 5.95. The number of hydrogen-bond donors (Lipinski definition) is 1. The van der Waals surface area contributed by atoms with Gasteiger partial charge in [-0.3, -0.25) is 9.59 Å². The van der Waals surface area contributed by atoms with E-state index in [1.807, 2.05) is 43.3 Å². The highest BCUT2D eigenvalue weighted by Gasteiger charge is 2.21. The highest BCUT2D eigenvalue weighted by Crippen LogP contribution is 2.25. The van der Waals surface area contributed by atoms with E-state index in [1.165, 1.54) is 5.56 Å². The maximum absolute atomic E-state index is 12.1. The second-order valence-electron chi connectivity index (χ2n) is 6.93. The molecule has 2 aromatic carbocycles. The van der Waals surface area contributed by atoms with Crippen LogP contribution in [0.3, 0.4) is 0 Å². The van der Waals surface area contributed by atoms with E-state index in [2.05, 4.69) is 17.4 Å². The summed E-state index contributed by atoms with van der Waals surface area (Å²) in [6.07, 6.45) is 3.28. The first-order valence-electron chi connectivity index (χ1n) is 9.48. The third kappa shape index (κ3) is 5.58. The molecule has 1 atom stereocenters. The fourth-order valence-electron chi connectivity index (χ4n) is 3.23. The van der Waals surface area contributed by atoms with Crippen LogP contribution in [0, 0.1) is 0 Å². The van der Waals surface area contributed by atoms with E-state index in [0.717, 1.165) is 31.5 Å². The third-order valence-electron chi connectivity index (χ3n) is 4.69. The van der Waals surface area contributed by atoms with Gasteiger partial charge in [0.15, 0.2) is 6.61 Å². The Labute approximate surface area is 160 Å². The average Bonchev–Trinajstić information content (AvgIpc) is 3.12. The number of nitrogens with zero attached hydrogens (tertiary/aromatic N) is 1. The van der Waals surface area contributed by atoms with Crippen LogP contribution in [-0.2, 0) is 16.0 Å². The normalized spacial score (nSPS) is 14.9. The van der Waals surface area contributed by atoms with Crippen molar-refractivity contribution >= 4 is 17.5 Å². The van der Waals surface area contributed by atoms with Gasteiger partial charge in [0.05, 0.1) is 0 Å². The number of amides is 2. The summed E-state index contributed by atoms with van der Waals surface area (Å²) >= 11 is 0. The molecule has 0 aliphatic carbocycles. The van der Waals surface area contributed by atoms with Crippen molar-refractivity contribution in [1.29, 1.82) is 0 Å². The molecular weight excluding hydrogens is 340 g/mol. The predicted octanol–water partition coefficient (Wildman–Crippen LogP) is 3.33. The van der Waals surface area contributed by atoms with Crippen LogP contribution in [0.1, 0.15) is 31.7 Å². The summed E-state index contributed by atoms with van der Waals surface area (Å²) in [5.41, 5.74) is 2.09. The van der Waals surface area contributed by atoms with E-state index in [4.69, 9.17) is 4.74 Å². The molecule has 1 N–H and O–H groups in total. The Morgan fingerprint density at radius 3 is 2.74 bits per heavy atom. The summed E-state index contributed by atoms with van der Waals surface area (Å²) in [7, 11) is 0. The summed E-state index contributed by atoms with van der Waals surface area (Å²) in [6, 6.07) is 17.7. The predicted molar refractivity (Wildman–Crippen MR) is 106 cm³/mol. The van der Waals surface area contributed by atoms with Crippen LogP contribution in [0.5, 0.6) is 5.75 Å². The number of anilines is 1. The molecule has 0 saturated carbocycles. The molecule has 0 spiro atoms. The molecule has 0 bridgehead atoms. The molecule has 1 aliphatic rings. The highest BCUT2D eigenvalue weighted by atomic mass is 16.5. The second-order valence-corrected chi connectivity index (χ2v) is 6.93. The van der Waals surface area contributed by atoms with Gasteiger partial charge in [-0.25, -0.2) is 0 Å². The van der Waals surface area contributed by atoms with Gasteiger partial charge in [0.2, 0.25) is 5.91 Å².